The maximum absolute atomic E-state index is 5.94. The van der Waals surface area contributed by atoms with Gasteiger partial charge in [-0.3, -0.25) is 0 Å². The highest BCUT2D eigenvalue weighted by molar-refractivity contribution is 7.80. The monoisotopic (exact) mass is 374 g/mol. The molecule has 3 rings (SSSR count). The molecule has 0 aliphatic rings. The van der Waals surface area contributed by atoms with Crippen molar-refractivity contribution < 1.29 is 9.26 Å². The molecule has 2 aromatic carbocycles. The van der Waals surface area contributed by atoms with Crippen molar-refractivity contribution in [2.75, 3.05) is 12.4 Å². The van der Waals surface area contributed by atoms with Gasteiger partial charge in [-0.15, -0.1) is 0 Å². The number of nitrogens with zero attached hydrogens (tertiary/aromatic N) is 2. The van der Waals surface area contributed by atoms with E-state index >= 15 is 0 Å². The second-order valence-corrected chi connectivity index (χ2v) is 5.91. The zero-order chi connectivity index (χ0) is 17.6. The lowest BCUT2D eigenvalue weighted by molar-refractivity contribution is 0.376. The SMILES string of the molecule is COc1cccc(-c2noc(CNC(=S)Nc3cccc(Cl)c3)n2)c1. The van der Waals surface area contributed by atoms with Gasteiger partial charge >= 0.3 is 0 Å². The number of hydrogen-bond donors (Lipinski definition) is 2. The molecule has 0 fully saturated rings. The number of hydrogen-bond acceptors (Lipinski definition) is 5. The van der Waals surface area contributed by atoms with Crippen molar-refractivity contribution in [1.82, 2.24) is 15.5 Å². The van der Waals surface area contributed by atoms with Gasteiger partial charge in [0.2, 0.25) is 11.7 Å². The third-order valence-electron chi connectivity index (χ3n) is 3.28. The van der Waals surface area contributed by atoms with E-state index in [1.54, 1.807) is 19.2 Å². The Bertz CT molecular complexity index is 884. The Labute approximate surface area is 155 Å². The molecule has 0 saturated heterocycles. The number of anilines is 1. The first-order valence-electron chi connectivity index (χ1n) is 7.41. The Morgan fingerprint density at radius 2 is 2.08 bits per heavy atom. The molecule has 1 aromatic heterocycles. The van der Waals surface area contributed by atoms with Crippen LogP contribution >= 0.6 is 23.8 Å². The van der Waals surface area contributed by atoms with Gasteiger partial charge in [-0.25, -0.2) is 0 Å². The molecule has 0 atom stereocenters. The Morgan fingerprint density at radius 1 is 1.24 bits per heavy atom. The van der Waals surface area contributed by atoms with Crippen LogP contribution in [0.4, 0.5) is 5.69 Å². The summed E-state index contributed by atoms with van der Waals surface area (Å²) >= 11 is 11.2. The van der Waals surface area contributed by atoms with Crippen LogP contribution in [0.25, 0.3) is 11.4 Å². The van der Waals surface area contributed by atoms with E-state index in [-0.39, 0.29) is 0 Å². The Hall–Kier alpha value is -2.64. The standard InChI is InChI=1S/C17H15ClN4O2S/c1-23-14-7-2-4-11(8-14)16-21-15(24-22-16)10-19-17(25)20-13-6-3-5-12(18)9-13/h2-9H,10H2,1H3,(H2,19,20,25). The molecule has 0 radical (unpaired) electrons. The summed E-state index contributed by atoms with van der Waals surface area (Å²) in [4.78, 5) is 4.34. The van der Waals surface area contributed by atoms with E-state index in [2.05, 4.69) is 20.8 Å². The summed E-state index contributed by atoms with van der Waals surface area (Å²) in [6.07, 6.45) is 0. The van der Waals surface area contributed by atoms with Crippen LogP contribution in [0.15, 0.2) is 53.1 Å². The highest BCUT2D eigenvalue weighted by Gasteiger charge is 2.10. The second kappa shape index (κ2) is 7.96. The Balaban J connectivity index is 1.59. The van der Waals surface area contributed by atoms with Crippen molar-refractivity contribution >= 4 is 34.6 Å². The fourth-order valence-electron chi connectivity index (χ4n) is 2.10. The molecule has 0 aliphatic heterocycles. The summed E-state index contributed by atoms with van der Waals surface area (Å²) in [5, 5.41) is 11.1. The highest BCUT2D eigenvalue weighted by Crippen LogP contribution is 2.21. The summed E-state index contributed by atoms with van der Waals surface area (Å²) < 4.78 is 10.4. The lowest BCUT2D eigenvalue weighted by atomic mass is 10.2. The molecule has 0 amide bonds. The predicted molar refractivity (Wildman–Crippen MR) is 101 cm³/mol. The summed E-state index contributed by atoms with van der Waals surface area (Å²) in [5.74, 6) is 1.64. The number of methoxy groups -OCH3 is 1. The van der Waals surface area contributed by atoms with Gasteiger partial charge < -0.3 is 19.9 Å². The number of aromatic nitrogens is 2. The van der Waals surface area contributed by atoms with Gasteiger partial charge in [-0.1, -0.05) is 35.0 Å². The van der Waals surface area contributed by atoms with Crippen molar-refractivity contribution in [3.63, 3.8) is 0 Å². The molecule has 8 heteroatoms. The lowest BCUT2D eigenvalue weighted by Gasteiger charge is -2.08. The topological polar surface area (TPSA) is 72.2 Å². The average Bonchev–Trinajstić information content (AvgIpc) is 3.09. The molecular formula is C17H15ClN4O2S. The molecule has 0 bridgehead atoms. The van der Waals surface area contributed by atoms with Crippen molar-refractivity contribution in [1.29, 1.82) is 0 Å². The first-order chi connectivity index (χ1) is 12.1. The molecule has 1 heterocycles. The average molecular weight is 375 g/mol. The summed E-state index contributed by atoms with van der Waals surface area (Å²) in [6, 6.07) is 14.7. The molecule has 128 valence electrons. The zero-order valence-corrected chi connectivity index (χ0v) is 14.9. The van der Waals surface area contributed by atoms with Gasteiger partial charge in [0.1, 0.15) is 5.75 Å². The molecule has 3 aromatic rings. The van der Waals surface area contributed by atoms with Crippen LogP contribution < -0.4 is 15.4 Å². The van der Waals surface area contributed by atoms with E-state index in [1.165, 1.54) is 0 Å². The number of nitrogens with one attached hydrogen (secondary N) is 2. The fraction of sp³-hybridized carbons (Fsp3) is 0.118. The summed E-state index contributed by atoms with van der Waals surface area (Å²) in [5.41, 5.74) is 1.61. The maximum Gasteiger partial charge on any atom is 0.246 e. The third-order valence-corrected chi connectivity index (χ3v) is 3.76. The maximum atomic E-state index is 5.94. The molecule has 6 nitrogen and oxygen atoms in total. The predicted octanol–water partition coefficient (Wildman–Crippen LogP) is 3.89. The van der Waals surface area contributed by atoms with Gasteiger partial charge in [-0.05, 0) is 42.5 Å². The molecule has 0 spiro atoms. The van der Waals surface area contributed by atoms with Gasteiger partial charge in [0.15, 0.2) is 5.11 Å². The van der Waals surface area contributed by atoms with Crippen LogP contribution in [0.1, 0.15) is 5.89 Å². The smallest absolute Gasteiger partial charge is 0.246 e. The van der Waals surface area contributed by atoms with Gasteiger partial charge in [0, 0.05) is 16.3 Å². The third kappa shape index (κ3) is 4.68. The Kier molecular flexibility index (Phi) is 5.47. The highest BCUT2D eigenvalue weighted by atomic mass is 35.5. The Morgan fingerprint density at radius 3 is 2.88 bits per heavy atom. The largest absolute Gasteiger partial charge is 0.497 e. The minimum absolute atomic E-state index is 0.309. The van der Waals surface area contributed by atoms with Crippen LogP contribution in [0, 0.1) is 0 Å². The number of ether oxygens (including phenoxy) is 1. The van der Waals surface area contributed by atoms with Crippen LogP contribution in [0.2, 0.25) is 5.02 Å². The van der Waals surface area contributed by atoms with Crippen molar-refractivity contribution in [2.24, 2.45) is 0 Å². The first kappa shape index (κ1) is 17.2. The lowest BCUT2D eigenvalue weighted by Crippen LogP contribution is -2.27. The van der Waals surface area contributed by atoms with E-state index in [0.717, 1.165) is 17.0 Å². The summed E-state index contributed by atoms with van der Waals surface area (Å²) in [6.45, 7) is 0.309. The van der Waals surface area contributed by atoms with Crippen LogP contribution in [0.5, 0.6) is 5.75 Å². The minimum Gasteiger partial charge on any atom is -0.497 e. The minimum atomic E-state index is 0.309. The number of thiocarbonyl (C=S) groups is 1. The number of benzene rings is 2. The van der Waals surface area contributed by atoms with Crippen molar-refractivity contribution in [2.45, 2.75) is 6.54 Å². The van der Waals surface area contributed by atoms with E-state index in [4.69, 9.17) is 33.1 Å². The quantitative estimate of drug-likeness (QED) is 0.656. The molecule has 2 N–H and O–H groups in total. The second-order valence-electron chi connectivity index (χ2n) is 5.06. The van der Waals surface area contributed by atoms with E-state index < -0.39 is 0 Å². The number of halogens is 1. The van der Waals surface area contributed by atoms with Crippen LogP contribution in [-0.2, 0) is 6.54 Å². The van der Waals surface area contributed by atoms with E-state index in [1.807, 2.05) is 36.4 Å². The molecule has 0 aliphatic carbocycles. The van der Waals surface area contributed by atoms with Gasteiger partial charge in [-0.2, -0.15) is 4.98 Å². The fourth-order valence-corrected chi connectivity index (χ4v) is 2.48. The molecular weight excluding hydrogens is 360 g/mol. The van der Waals surface area contributed by atoms with E-state index in [9.17, 15) is 0 Å². The van der Waals surface area contributed by atoms with Gasteiger partial charge in [0.05, 0.1) is 13.7 Å². The molecule has 25 heavy (non-hydrogen) atoms. The van der Waals surface area contributed by atoms with E-state index in [0.29, 0.717) is 28.4 Å². The molecule has 0 unspecified atom stereocenters. The van der Waals surface area contributed by atoms with Crippen molar-refractivity contribution in [3.8, 4) is 17.1 Å². The van der Waals surface area contributed by atoms with Crippen LogP contribution in [0.3, 0.4) is 0 Å². The summed E-state index contributed by atoms with van der Waals surface area (Å²) in [7, 11) is 1.61. The van der Waals surface area contributed by atoms with Gasteiger partial charge in [0.25, 0.3) is 0 Å². The van der Waals surface area contributed by atoms with Crippen molar-refractivity contribution in [3.05, 3.63) is 59.4 Å². The normalized spacial score (nSPS) is 10.3. The first-order valence-corrected chi connectivity index (χ1v) is 8.20. The van der Waals surface area contributed by atoms with Crippen LogP contribution in [-0.4, -0.2) is 22.4 Å². The molecule has 0 saturated carbocycles. The number of rotatable bonds is 5. The zero-order valence-electron chi connectivity index (χ0n) is 13.3.